The van der Waals surface area contributed by atoms with Crippen molar-refractivity contribution in [3.8, 4) is 11.5 Å². The number of carbonyl (C=O) groups excluding carboxylic acids is 3. The van der Waals surface area contributed by atoms with Gasteiger partial charge in [-0.25, -0.2) is 9.59 Å². The third-order valence-corrected chi connectivity index (χ3v) is 3.45. The molecule has 24 heavy (non-hydrogen) atoms. The van der Waals surface area contributed by atoms with E-state index >= 15 is 0 Å². The zero-order valence-electron chi connectivity index (χ0n) is 13.8. The van der Waals surface area contributed by atoms with Crippen LogP contribution in [-0.2, 0) is 14.3 Å². The van der Waals surface area contributed by atoms with Gasteiger partial charge in [0.2, 0.25) is 0 Å². The van der Waals surface area contributed by atoms with E-state index in [2.05, 4.69) is 10.6 Å². The van der Waals surface area contributed by atoms with Crippen LogP contribution in [-0.4, -0.2) is 32.2 Å². The van der Waals surface area contributed by atoms with Crippen molar-refractivity contribution in [2.75, 3.05) is 14.2 Å². The van der Waals surface area contributed by atoms with Crippen molar-refractivity contribution in [1.82, 2.24) is 10.6 Å². The molecule has 1 aromatic rings. The molecule has 0 bridgehead atoms. The van der Waals surface area contributed by atoms with Crippen LogP contribution in [0.5, 0.6) is 11.5 Å². The van der Waals surface area contributed by atoms with Gasteiger partial charge in [-0.2, -0.15) is 0 Å². The van der Waals surface area contributed by atoms with Gasteiger partial charge in [0, 0.05) is 12.6 Å². The average molecular weight is 334 g/mol. The standard InChI is InChI=1S/C16H18N2O6/c1-8-13(15(20)23-4)14(18-16(21)17-8)10-5-6-11(24-9(2)19)12(7-10)22-3/h5-7,14H,1-4H3,(H2,17,18,21)/t14-/m0/s1. The number of allylic oxidation sites excluding steroid dienone is 1. The first-order valence-corrected chi connectivity index (χ1v) is 7.10. The SMILES string of the molecule is COC(=O)C1=C(C)NC(=O)N[C@H]1c1ccc(OC(C)=O)c(OC)c1. The summed E-state index contributed by atoms with van der Waals surface area (Å²) in [5, 5.41) is 5.21. The maximum atomic E-state index is 12.1. The van der Waals surface area contributed by atoms with E-state index in [1.807, 2.05) is 0 Å². The lowest BCUT2D eigenvalue weighted by Crippen LogP contribution is -2.45. The number of nitrogens with one attached hydrogen (secondary N) is 2. The average Bonchev–Trinajstić information content (AvgIpc) is 2.53. The molecule has 1 heterocycles. The summed E-state index contributed by atoms with van der Waals surface area (Å²) in [7, 11) is 2.69. The van der Waals surface area contributed by atoms with Crippen molar-refractivity contribution >= 4 is 18.0 Å². The first kappa shape index (κ1) is 17.3. The summed E-state index contributed by atoms with van der Waals surface area (Å²) in [6.45, 7) is 2.89. The normalized spacial score (nSPS) is 16.8. The van der Waals surface area contributed by atoms with Gasteiger partial charge in [0.1, 0.15) is 0 Å². The number of ether oxygens (including phenoxy) is 3. The molecule has 1 aromatic carbocycles. The molecule has 0 unspecified atom stereocenters. The Morgan fingerprint density at radius 1 is 1.17 bits per heavy atom. The molecule has 0 radical (unpaired) electrons. The van der Waals surface area contributed by atoms with Crippen LogP contribution in [0.2, 0.25) is 0 Å². The van der Waals surface area contributed by atoms with E-state index in [0.29, 0.717) is 17.0 Å². The summed E-state index contributed by atoms with van der Waals surface area (Å²) in [4.78, 5) is 35.0. The molecule has 1 atom stereocenters. The Bertz CT molecular complexity index is 725. The molecule has 8 heteroatoms. The molecular formula is C16H18N2O6. The number of esters is 2. The first-order chi connectivity index (χ1) is 11.4. The molecule has 2 amide bonds. The number of urea groups is 1. The molecule has 128 valence electrons. The summed E-state index contributed by atoms with van der Waals surface area (Å²) in [6, 6.07) is 3.60. The molecule has 2 rings (SSSR count). The van der Waals surface area contributed by atoms with Crippen LogP contribution in [0.3, 0.4) is 0 Å². The minimum absolute atomic E-state index is 0.245. The van der Waals surface area contributed by atoms with Gasteiger partial charge in [-0.1, -0.05) is 6.07 Å². The molecule has 0 aromatic heterocycles. The maximum Gasteiger partial charge on any atom is 0.337 e. The summed E-state index contributed by atoms with van der Waals surface area (Å²) in [5.41, 5.74) is 1.26. The topological polar surface area (TPSA) is 103 Å². The Labute approximate surface area is 138 Å². The number of hydrogen-bond donors (Lipinski definition) is 2. The van der Waals surface area contributed by atoms with E-state index in [1.54, 1.807) is 19.1 Å². The zero-order valence-corrected chi connectivity index (χ0v) is 13.8. The van der Waals surface area contributed by atoms with E-state index in [9.17, 15) is 14.4 Å². The highest BCUT2D eigenvalue weighted by atomic mass is 16.6. The summed E-state index contributed by atoms with van der Waals surface area (Å²) < 4.78 is 15.1. The second-order valence-corrected chi connectivity index (χ2v) is 5.07. The Kier molecular flexibility index (Phi) is 5.08. The highest BCUT2D eigenvalue weighted by Gasteiger charge is 2.32. The van der Waals surface area contributed by atoms with Crippen LogP contribution in [0.25, 0.3) is 0 Å². The highest BCUT2D eigenvalue weighted by molar-refractivity contribution is 5.95. The fourth-order valence-electron chi connectivity index (χ4n) is 2.43. The predicted molar refractivity (Wildman–Crippen MR) is 83.4 cm³/mol. The van der Waals surface area contributed by atoms with Gasteiger partial charge in [-0.3, -0.25) is 4.79 Å². The quantitative estimate of drug-likeness (QED) is 0.638. The van der Waals surface area contributed by atoms with Crippen molar-refractivity contribution in [2.24, 2.45) is 0 Å². The number of amides is 2. The molecular weight excluding hydrogens is 316 g/mol. The second kappa shape index (κ2) is 7.03. The Morgan fingerprint density at radius 3 is 2.46 bits per heavy atom. The van der Waals surface area contributed by atoms with Crippen LogP contribution >= 0.6 is 0 Å². The van der Waals surface area contributed by atoms with Crippen LogP contribution in [0.4, 0.5) is 4.79 Å². The summed E-state index contributed by atoms with van der Waals surface area (Å²) >= 11 is 0. The minimum Gasteiger partial charge on any atom is -0.493 e. The maximum absolute atomic E-state index is 12.1. The minimum atomic E-state index is -0.716. The molecule has 0 aliphatic carbocycles. The van der Waals surface area contributed by atoms with Gasteiger partial charge in [0.25, 0.3) is 0 Å². The van der Waals surface area contributed by atoms with Crippen molar-refractivity contribution in [3.63, 3.8) is 0 Å². The van der Waals surface area contributed by atoms with Gasteiger partial charge < -0.3 is 24.8 Å². The second-order valence-electron chi connectivity index (χ2n) is 5.07. The van der Waals surface area contributed by atoms with Gasteiger partial charge in [-0.05, 0) is 24.6 Å². The van der Waals surface area contributed by atoms with Gasteiger partial charge >= 0.3 is 18.0 Å². The largest absolute Gasteiger partial charge is 0.493 e. The Balaban J connectivity index is 2.48. The lowest BCUT2D eigenvalue weighted by Gasteiger charge is -2.28. The number of hydrogen-bond acceptors (Lipinski definition) is 6. The lowest BCUT2D eigenvalue weighted by molar-refractivity contribution is -0.136. The van der Waals surface area contributed by atoms with Crippen molar-refractivity contribution < 1.29 is 28.6 Å². The van der Waals surface area contributed by atoms with Crippen molar-refractivity contribution in [2.45, 2.75) is 19.9 Å². The third-order valence-electron chi connectivity index (χ3n) is 3.45. The molecule has 0 fully saturated rings. The molecule has 1 aliphatic rings. The fourth-order valence-corrected chi connectivity index (χ4v) is 2.43. The fraction of sp³-hybridized carbons (Fsp3) is 0.312. The van der Waals surface area contributed by atoms with E-state index in [4.69, 9.17) is 14.2 Å². The molecule has 0 saturated carbocycles. The molecule has 8 nitrogen and oxygen atoms in total. The zero-order chi connectivity index (χ0) is 17.9. The highest BCUT2D eigenvalue weighted by Crippen LogP contribution is 2.34. The lowest BCUT2D eigenvalue weighted by atomic mass is 9.95. The van der Waals surface area contributed by atoms with E-state index < -0.39 is 24.0 Å². The van der Waals surface area contributed by atoms with Crippen molar-refractivity contribution in [1.29, 1.82) is 0 Å². The van der Waals surface area contributed by atoms with E-state index in [-0.39, 0.29) is 11.3 Å². The summed E-state index contributed by atoms with van der Waals surface area (Å²) in [5.74, 6) is -0.498. The van der Waals surface area contributed by atoms with Crippen LogP contribution in [0, 0.1) is 0 Å². The third kappa shape index (κ3) is 3.48. The van der Waals surface area contributed by atoms with Crippen LogP contribution in [0.1, 0.15) is 25.5 Å². The van der Waals surface area contributed by atoms with Crippen LogP contribution < -0.4 is 20.1 Å². The predicted octanol–water partition coefficient (Wildman–Crippen LogP) is 1.42. The van der Waals surface area contributed by atoms with Gasteiger partial charge in [0.15, 0.2) is 11.5 Å². The monoisotopic (exact) mass is 334 g/mol. The smallest absolute Gasteiger partial charge is 0.337 e. The number of rotatable bonds is 4. The van der Waals surface area contributed by atoms with Gasteiger partial charge in [0.05, 0.1) is 25.8 Å². The molecule has 0 saturated heterocycles. The molecule has 2 N–H and O–H groups in total. The first-order valence-electron chi connectivity index (χ1n) is 7.10. The van der Waals surface area contributed by atoms with E-state index in [0.717, 1.165) is 0 Å². The number of methoxy groups -OCH3 is 2. The number of benzene rings is 1. The Morgan fingerprint density at radius 2 is 1.88 bits per heavy atom. The molecule has 1 aliphatic heterocycles. The summed E-state index contributed by atoms with van der Waals surface area (Å²) in [6.07, 6.45) is 0. The van der Waals surface area contributed by atoms with E-state index in [1.165, 1.54) is 27.2 Å². The molecule has 0 spiro atoms. The van der Waals surface area contributed by atoms with Crippen LogP contribution in [0.15, 0.2) is 29.5 Å². The van der Waals surface area contributed by atoms with Gasteiger partial charge in [-0.15, -0.1) is 0 Å². The van der Waals surface area contributed by atoms with Crippen molar-refractivity contribution in [3.05, 3.63) is 35.0 Å². The number of carbonyl (C=O) groups is 3. The Hall–Kier alpha value is -3.03.